The van der Waals surface area contributed by atoms with Crippen LogP contribution in [-0.4, -0.2) is 61.0 Å². The molecule has 1 aromatic carbocycles. The molecule has 1 saturated heterocycles. The molecular formula is C19H28IN5O2S. The Hall–Kier alpha value is -1.62. The first-order chi connectivity index (χ1) is 13.0. The van der Waals surface area contributed by atoms with E-state index in [0.717, 1.165) is 32.0 Å². The van der Waals surface area contributed by atoms with E-state index in [9.17, 15) is 8.42 Å². The summed E-state index contributed by atoms with van der Waals surface area (Å²) in [5, 5.41) is 7.55. The lowest BCUT2D eigenvalue weighted by atomic mass is 10.0. The second kappa shape index (κ2) is 10.2. The second-order valence-corrected chi connectivity index (χ2v) is 8.86. The molecule has 2 aromatic rings. The van der Waals surface area contributed by atoms with E-state index in [1.807, 2.05) is 30.9 Å². The highest BCUT2D eigenvalue weighted by atomic mass is 127. The van der Waals surface area contributed by atoms with Crippen molar-refractivity contribution >= 4 is 39.8 Å². The fraction of sp³-hybridized carbons (Fsp3) is 0.474. The van der Waals surface area contributed by atoms with Gasteiger partial charge < -0.3 is 10.2 Å². The molecule has 2 heterocycles. The van der Waals surface area contributed by atoms with Crippen molar-refractivity contribution in [3.63, 3.8) is 0 Å². The van der Waals surface area contributed by atoms with Crippen LogP contribution < -0.4 is 5.32 Å². The Bertz CT molecular complexity index is 883. The number of halogens is 1. The number of aromatic nitrogens is 2. The fourth-order valence-corrected chi connectivity index (χ4v) is 4.46. The maximum atomic E-state index is 12.4. The summed E-state index contributed by atoms with van der Waals surface area (Å²) in [6.45, 7) is 4.77. The van der Waals surface area contributed by atoms with Gasteiger partial charge in [-0.3, -0.25) is 9.67 Å². The first-order valence-electron chi connectivity index (χ1n) is 9.29. The lowest BCUT2D eigenvalue weighted by molar-refractivity contribution is 0.486. The smallest absolute Gasteiger partial charge is 0.193 e. The van der Waals surface area contributed by atoms with Gasteiger partial charge in [0.25, 0.3) is 0 Å². The Balaban J connectivity index is 0.00000280. The van der Waals surface area contributed by atoms with Crippen molar-refractivity contribution in [1.82, 2.24) is 20.0 Å². The molecule has 0 spiro atoms. The summed E-state index contributed by atoms with van der Waals surface area (Å²) in [6, 6.07) is 8.55. The average molecular weight is 517 g/mol. The minimum atomic E-state index is -3.31. The molecule has 0 radical (unpaired) electrons. The van der Waals surface area contributed by atoms with Crippen molar-refractivity contribution in [2.75, 3.05) is 31.9 Å². The van der Waals surface area contributed by atoms with Gasteiger partial charge in [-0.2, -0.15) is 5.10 Å². The van der Waals surface area contributed by atoms with Crippen molar-refractivity contribution in [3.05, 3.63) is 48.3 Å². The maximum absolute atomic E-state index is 12.4. The van der Waals surface area contributed by atoms with Gasteiger partial charge in [-0.15, -0.1) is 24.0 Å². The summed E-state index contributed by atoms with van der Waals surface area (Å²) < 4.78 is 26.7. The van der Waals surface area contributed by atoms with Gasteiger partial charge in [0.15, 0.2) is 15.8 Å². The largest absolute Gasteiger partial charge is 0.357 e. The van der Waals surface area contributed by atoms with E-state index in [4.69, 9.17) is 0 Å². The Labute approximate surface area is 184 Å². The molecular weight excluding hydrogens is 489 g/mol. The standard InChI is InChI=1S/C19H27N5O2S.HI/c1-3-20-19(21-10-12-27(25,26)18-7-5-4-6-8-18)24-11-9-16(15-24)17-13-22-23(2)14-17;/h4-8,13-14,16H,3,9-12,15H2,1-2H3,(H,20,21);1H. The SMILES string of the molecule is CCNC(=NCCS(=O)(=O)c1ccccc1)N1CCC(c2cnn(C)c2)C1.I. The number of aryl methyl sites for hydroxylation is 1. The van der Waals surface area contributed by atoms with E-state index >= 15 is 0 Å². The molecule has 1 fully saturated rings. The third-order valence-corrected chi connectivity index (χ3v) is 6.45. The molecule has 1 aliphatic heterocycles. The van der Waals surface area contributed by atoms with Gasteiger partial charge in [-0.1, -0.05) is 18.2 Å². The lowest BCUT2D eigenvalue weighted by Crippen LogP contribution is -2.40. The van der Waals surface area contributed by atoms with E-state index in [-0.39, 0.29) is 36.3 Å². The Kier molecular flexibility index (Phi) is 8.29. The predicted molar refractivity (Wildman–Crippen MR) is 122 cm³/mol. The third-order valence-electron chi connectivity index (χ3n) is 4.74. The highest BCUT2D eigenvalue weighted by Gasteiger charge is 2.27. The van der Waals surface area contributed by atoms with Crippen LogP contribution in [-0.2, 0) is 16.9 Å². The third kappa shape index (κ3) is 5.69. The number of hydrogen-bond donors (Lipinski definition) is 1. The number of nitrogens with one attached hydrogen (secondary N) is 1. The van der Waals surface area contributed by atoms with Crippen LogP contribution in [0.4, 0.5) is 0 Å². The van der Waals surface area contributed by atoms with Crippen LogP contribution in [0.5, 0.6) is 0 Å². The summed E-state index contributed by atoms with van der Waals surface area (Å²) in [7, 11) is -1.38. The Morgan fingerprint density at radius 1 is 1.32 bits per heavy atom. The number of guanidine groups is 1. The molecule has 0 aliphatic carbocycles. The van der Waals surface area contributed by atoms with Crippen molar-refractivity contribution < 1.29 is 8.42 Å². The predicted octanol–water partition coefficient (Wildman–Crippen LogP) is 2.27. The molecule has 1 aromatic heterocycles. The number of nitrogens with zero attached hydrogens (tertiary/aromatic N) is 4. The molecule has 1 atom stereocenters. The normalized spacial score (nSPS) is 17.4. The van der Waals surface area contributed by atoms with Crippen LogP contribution in [0.25, 0.3) is 0 Å². The average Bonchev–Trinajstić information content (AvgIpc) is 3.31. The Morgan fingerprint density at radius 3 is 2.71 bits per heavy atom. The minimum Gasteiger partial charge on any atom is -0.357 e. The number of sulfone groups is 1. The first-order valence-corrected chi connectivity index (χ1v) is 10.9. The van der Waals surface area contributed by atoms with Crippen LogP contribution >= 0.6 is 24.0 Å². The van der Waals surface area contributed by atoms with E-state index in [1.54, 1.807) is 24.3 Å². The first kappa shape index (κ1) is 22.7. The zero-order chi connectivity index (χ0) is 19.3. The number of aliphatic imine (C=N–C) groups is 1. The zero-order valence-electron chi connectivity index (χ0n) is 16.3. The second-order valence-electron chi connectivity index (χ2n) is 6.75. The number of hydrogen-bond acceptors (Lipinski definition) is 4. The minimum absolute atomic E-state index is 0. The van der Waals surface area contributed by atoms with Crippen molar-refractivity contribution in [3.8, 4) is 0 Å². The number of rotatable bonds is 6. The van der Waals surface area contributed by atoms with Crippen LogP contribution in [0.2, 0.25) is 0 Å². The summed E-state index contributed by atoms with van der Waals surface area (Å²) in [4.78, 5) is 7.13. The molecule has 0 bridgehead atoms. The highest BCUT2D eigenvalue weighted by molar-refractivity contribution is 14.0. The molecule has 9 heteroatoms. The molecule has 0 saturated carbocycles. The zero-order valence-corrected chi connectivity index (χ0v) is 19.4. The van der Waals surface area contributed by atoms with E-state index in [2.05, 4.69) is 26.5 Å². The van der Waals surface area contributed by atoms with Crippen LogP contribution in [0.3, 0.4) is 0 Å². The van der Waals surface area contributed by atoms with Gasteiger partial charge >= 0.3 is 0 Å². The maximum Gasteiger partial charge on any atom is 0.193 e. The molecule has 28 heavy (non-hydrogen) atoms. The van der Waals surface area contributed by atoms with E-state index in [0.29, 0.717) is 10.8 Å². The van der Waals surface area contributed by atoms with Crippen molar-refractivity contribution in [2.24, 2.45) is 12.0 Å². The highest BCUT2D eigenvalue weighted by Crippen LogP contribution is 2.26. The van der Waals surface area contributed by atoms with Crippen LogP contribution in [0.15, 0.2) is 52.6 Å². The fourth-order valence-electron chi connectivity index (χ4n) is 3.32. The summed E-state index contributed by atoms with van der Waals surface area (Å²) in [6.07, 6.45) is 5.02. The molecule has 7 nitrogen and oxygen atoms in total. The number of likely N-dealkylation sites (tertiary alicyclic amines) is 1. The van der Waals surface area contributed by atoms with Gasteiger partial charge in [-0.05, 0) is 31.0 Å². The quantitative estimate of drug-likeness (QED) is 0.362. The topological polar surface area (TPSA) is 79.6 Å². The van der Waals surface area contributed by atoms with Crippen molar-refractivity contribution in [1.29, 1.82) is 0 Å². The molecule has 1 aliphatic rings. The van der Waals surface area contributed by atoms with Gasteiger partial charge in [0.1, 0.15) is 0 Å². The van der Waals surface area contributed by atoms with E-state index in [1.165, 1.54) is 5.56 Å². The molecule has 1 N–H and O–H groups in total. The van der Waals surface area contributed by atoms with Crippen molar-refractivity contribution in [2.45, 2.75) is 24.2 Å². The molecule has 1 unspecified atom stereocenters. The Morgan fingerprint density at radius 2 is 2.07 bits per heavy atom. The summed E-state index contributed by atoms with van der Waals surface area (Å²) in [5.41, 5.74) is 1.24. The molecule has 154 valence electrons. The van der Waals surface area contributed by atoms with E-state index < -0.39 is 9.84 Å². The number of benzene rings is 1. The lowest BCUT2D eigenvalue weighted by Gasteiger charge is -2.21. The van der Waals surface area contributed by atoms with Gasteiger partial charge in [-0.25, -0.2) is 8.42 Å². The molecule has 0 amide bonds. The van der Waals surface area contributed by atoms with Gasteiger partial charge in [0, 0.05) is 38.8 Å². The van der Waals surface area contributed by atoms with Gasteiger partial charge in [0.05, 0.1) is 23.4 Å². The summed E-state index contributed by atoms with van der Waals surface area (Å²) >= 11 is 0. The van der Waals surface area contributed by atoms with Gasteiger partial charge in [0.2, 0.25) is 0 Å². The van der Waals surface area contributed by atoms with Crippen LogP contribution in [0, 0.1) is 0 Å². The van der Waals surface area contributed by atoms with Crippen LogP contribution in [0.1, 0.15) is 24.8 Å². The molecule has 3 rings (SSSR count). The monoisotopic (exact) mass is 517 g/mol. The summed E-state index contributed by atoms with van der Waals surface area (Å²) in [5.74, 6) is 1.22.